The van der Waals surface area contributed by atoms with Crippen molar-refractivity contribution in [2.24, 2.45) is 5.92 Å². The van der Waals surface area contributed by atoms with Crippen LogP contribution in [0.1, 0.15) is 32.3 Å². The summed E-state index contributed by atoms with van der Waals surface area (Å²) >= 11 is 0. The molecular weight excluding hydrogens is 340 g/mol. The number of methoxy groups -OCH3 is 1. The van der Waals surface area contributed by atoms with E-state index in [1.807, 2.05) is 36.7 Å². The van der Waals surface area contributed by atoms with E-state index in [0.29, 0.717) is 6.61 Å². The number of aromatic nitrogens is 2. The first-order chi connectivity index (χ1) is 13.1. The van der Waals surface area contributed by atoms with Gasteiger partial charge in [0.25, 0.3) is 0 Å². The minimum atomic E-state index is 0.218. The van der Waals surface area contributed by atoms with Gasteiger partial charge in [-0.25, -0.2) is 9.97 Å². The molecule has 1 unspecified atom stereocenters. The van der Waals surface area contributed by atoms with E-state index in [1.54, 1.807) is 7.11 Å². The predicted molar refractivity (Wildman–Crippen MR) is 107 cm³/mol. The molecule has 146 valence electrons. The molecule has 0 bridgehead atoms. The van der Waals surface area contributed by atoms with Crippen LogP contribution in [0, 0.1) is 5.92 Å². The Balaban J connectivity index is 1.41. The number of nitrogens with zero attached hydrogens (tertiary/aromatic N) is 3. The topological polar surface area (TPSA) is 59.5 Å². The van der Waals surface area contributed by atoms with Crippen LogP contribution >= 0.6 is 0 Å². The minimum Gasteiger partial charge on any atom is -0.497 e. The Morgan fingerprint density at radius 2 is 1.74 bits per heavy atom. The van der Waals surface area contributed by atoms with Gasteiger partial charge in [-0.1, -0.05) is 6.92 Å². The van der Waals surface area contributed by atoms with Crippen LogP contribution in [0.3, 0.4) is 0 Å². The lowest BCUT2D eigenvalue weighted by atomic mass is 10.00. The second-order valence-electron chi connectivity index (χ2n) is 7.33. The van der Waals surface area contributed by atoms with Crippen LogP contribution in [-0.4, -0.2) is 42.8 Å². The number of hydrogen-bond acceptors (Lipinski definition) is 6. The fourth-order valence-electron chi connectivity index (χ4n) is 3.06. The van der Waals surface area contributed by atoms with Crippen molar-refractivity contribution in [3.05, 3.63) is 42.2 Å². The van der Waals surface area contributed by atoms with Crippen molar-refractivity contribution in [1.29, 1.82) is 0 Å². The maximum Gasteiger partial charge on any atom is 0.225 e. The summed E-state index contributed by atoms with van der Waals surface area (Å²) in [6, 6.07) is 7.85. The van der Waals surface area contributed by atoms with Gasteiger partial charge in [0.05, 0.1) is 7.11 Å². The molecule has 0 spiro atoms. The Kier molecular flexibility index (Phi) is 6.87. The molecule has 1 aromatic heterocycles. The van der Waals surface area contributed by atoms with E-state index in [-0.39, 0.29) is 6.04 Å². The Morgan fingerprint density at radius 3 is 2.37 bits per heavy atom. The van der Waals surface area contributed by atoms with Crippen LogP contribution in [0.5, 0.6) is 11.5 Å². The number of nitrogens with one attached hydrogen (secondary N) is 1. The summed E-state index contributed by atoms with van der Waals surface area (Å²) in [5.41, 5.74) is 1.08. The van der Waals surface area contributed by atoms with Crippen molar-refractivity contribution in [3.8, 4) is 11.5 Å². The number of ether oxygens (including phenoxy) is 2. The summed E-state index contributed by atoms with van der Waals surface area (Å²) in [4.78, 5) is 11.4. The summed E-state index contributed by atoms with van der Waals surface area (Å²) in [6.07, 6.45) is 6.28. The third-order valence-electron chi connectivity index (χ3n) is 4.97. The van der Waals surface area contributed by atoms with Crippen LogP contribution in [0.4, 0.5) is 5.95 Å². The molecule has 2 aromatic rings. The summed E-state index contributed by atoms with van der Waals surface area (Å²) < 4.78 is 11.0. The van der Waals surface area contributed by atoms with E-state index in [2.05, 4.69) is 34.0 Å². The predicted octanol–water partition coefficient (Wildman–Crippen LogP) is 3.28. The first kappa shape index (κ1) is 19.4. The highest BCUT2D eigenvalue weighted by atomic mass is 16.5. The van der Waals surface area contributed by atoms with Crippen molar-refractivity contribution < 1.29 is 9.47 Å². The first-order valence-electron chi connectivity index (χ1n) is 9.70. The van der Waals surface area contributed by atoms with Gasteiger partial charge in [-0.3, -0.25) is 0 Å². The van der Waals surface area contributed by atoms with Gasteiger partial charge in [0.15, 0.2) is 0 Å². The largest absolute Gasteiger partial charge is 0.497 e. The van der Waals surface area contributed by atoms with E-state index in [4.69, 9.17) is 9.47 Å². The molecule has 1 aromatic carbocycles. The highest BCUT2D eigenvalue weighted by molar-refractivity contribution is 5.31. The van der Waals surface area contributed by atoms with Gasteiger partial charge < -0.3 is 19.7 Å². The van der Waals surface area contributed by atoms with Crippen LogP contribution in [-0.2, 0) is 6.54 Å². The Morgan fingerprint density at radius 1 is 1.11 bits per heavy atom. The normalized spacial score (nSPS) is 16.2. The van der Waals surface area contributed by atoms with Gasteiger partial charge in [0, 0.05) is 43.6 Å². The molecule has 0 saturated carbocycles. The average molecular weight is 370 g/mol. The number of hydrogen-bond donors (Lipinski definition) is 1. The Hall–Kier alpha value is -2.34. The fourth-order valence-corrected chi connectivity index (χ4v) is 3.06. The lowest BCUT2D eigenvalue weighted by Gasteiger charge is -2.30. The van der Waals surface area contributed by atoms with E-state index in [0.717, 1.165) is 48.6 Å². The van der Waals surface area contributed by atoms with Crippen LogP contribution in [0.25, 0.3) is 0 Å². The van der Waals surface area contributed by atoms with Gasteiger partial charge in [-0.2, -0.15) is 0 Å². The molecule has 1 saturated heterocycles. The SMILES string of the molecule is COc1ccc(OCC(C)NCc2cnc(N3CCC(C)CC3)nc2)cc1. The van der Waals surface area contributed by atoms with E-state index in [9.17, 15) is 0 Å². The molecule has 1 atom stereocenters. The maximum atomic E-state index is 5.81. The number of benzene rings is 1. The molecule has 2 heterocycles. The molecule has 1 aliphatic rings. The quantitative estimate of drug-likeness (QED) is 0.770. The molecule has 0 radical (unpaired) electrons. The van der Waals surface area contributed by atoms with Crippen molar-refractivity contribution in [1.82, 2.24) is 15.3 Å². The highest BCUT2D eigenvalue weighted by Crippen LogP contribution is 2.20. The van der Waals surface area contributed by atoms with E-state index >= 15 is 0 Å². The van der Waals surface area contributed by atoms with Gasteiger partial charge >= 0.3 is 0 Å². The van der Waals surface area contributed by atoms with Gasteiger partial charge in [-0.05, 0) is 49.9 Å². The van der Waals surface area contributed by atoms with Crippen LogP contribution < -0.4 is 19.7 Å². The lowest BCUT2D eigenvalue weighted by Crippen LogP contribution is -2.34. The minimum absolute atomic E-state index is 0.218. The monoisotopic (exact) mass is 370 g/mol. The summed E-state index contributed by atoms with van der Waals surface area (Å²) in [5.74, 6) is 3.33. The maximum absolute atomic E-state index is 5.81. The van der Waals surface area contributed by atoms with Gasteiger partial charge in [0.2, 0.25) is 5.95 Å². The summed E-state index contributed by atoms with van der Waals surface area (Å²) in [6.45, 7) is 7.85. The summed E-state index contributed by atoms with van der Waals surface area (Å²) in [5, 5.41) is 3.45. The zero-order valence-corrected chi connectivity index (χ0v) is 16.5. The van der Waals surface area contributed by atoms with Crippen LogP contribution in [0.2, 0.25) is 0 Å². The zero-order chi connectivity index (χ0) is 19.1. The molecule has 0 aliphatic carbocycles. The van der Waals surface area contributed by atoms with E-state index in [1.165, 1.54) is 12.8 Å². The molecule has 0 amide bonds. The standard InChI is InChI=1S/C21H30N4O2/c1-16-8-10-25(11-9-16)21-23-13-18(14-24-21)12-22-17(2)15-27-20-6-4-19(26-3)5-7-20/h4-7,13-14,16-17,22H,8-12,15H2,1-3H3. The second-order valence-corrected chi connectivity index (χ2v) is 7.33. The molecule has 1 fully saturated rings. The Bertz CT molecular complexity index is 682. The van der Waals surface area contributed by atoms with Crippen molar-refractivity contribution >= 4 is 5.95 Å². The van der Waals surface area contributed by atoms with E-state index < -0.39 is 0 Å². The van der Waals surface area contributed by atoms with Crippen molar-refractivity contribution in [2.75, 3.05) is 31.7 Å². The van der Waals surface area contributed by atoms with Gasteiger partial charge in [-0.15, -0.1) is 0 Å². The molecule has 3 rings (SSSR count). The lowest BCUT2D eigenvalue weighted by molar-refractivity contribution is 0.272. The highest BCUT2D eigenvalue weighted by Gasteiger charge is 2.17. The van der Waals surface area contributed by atoms with Crippen molar-refractivity contribution in [2.45, 2.75) is 39.3 Å². The molecule has 1 N–H and O–H groups in total. The smallest absolute Gasteiger partial charge is 0.225 e. The molecular formula is C21H30N4O2. The summed E-state index contributed by atoms with van der Waals surface area (Å²) in [7, 11) is 1.66. The third-order valence-corrected chi connectivity index (χ3v) is 4.97. The third kappa shape index (κ3) is 5.82. The Labute approximate surface area is 161 Å². The van der Waals surface area contributed by atoms with Crippen LogP contribution in [0.15, 0.2) is 36.7 Å². The molecule has 27 heavy (non-hydrogen) atoms. The van der Waals surface area contributed by atoms with Crippen molar-refractivity contribution in [3.63, 3.8) is 0 Å². The number of piperidine rings is 1. The first-order valence-corrected chi connectivity index (χ1v) is 9.70. The number of anilines is 1. The zero-order valence-electron chi connectivity index (χ0n) is 16.5. The molecule has 6 heteroatoms. The molecule has 1 aliphatic heterocycles. The molecule has 6 nitrogen and oxygen atoms in total. The number of rotatable bonds is 8. The van der Waals surface area contributed by atoms with Gasteiger partial charge in [0.1, 0.15) is 18.1 Å². The fraction of sp³-hybridized carbons (Fsp3) is 0.524. The average Bonchev–Trinajstić information content (AvgIpc) is 2.72. The second kappa shape index (κ2) is 9.55.